The van der Waals surface area contributed by atoms with Crippen LogP contribution in [0.3, 0.4) is 0 Å². The van der Waals surface area contributed by atoms with Gasteiger partial charge < -0.3 is 4.57 Å². The molecule has 3 aromatic rings. The van der Waals surface area contributed by atoms with Gasteiger partial charge >= 0.3 is 0 Å². The molecular formula is C21H25N3. The summed E-state index contributed by atoms with van der Waals surface area (Å²) in [6, 6.07) is 11.2. The van der Waals surface area contributed by atoms with Crippen LogP contribution in [0.2, 0.25) is 0 Å². The Bertz CT molecular complexity index is 829. The Labute approximate surface area is 143 Å². The van der Waals surface area contributed by atoms with Gasteiger partial charge in [0.05, 0.1) is 0 Å². The zero-order valence-electron chi connectivity index (χ0n) is 14.6. The molecule has 4 rings (SSSR count). The highest BCUT2D eigenvalue weighted by Crippen LogP contribution is 2.33. The lowest BCUT2D eigenvalue weighted by atomic mass is 10.0. The maximum absolute atomic E-state index is 4.99. The molecule has 2 aromatic heterocycles. The van der Waals surface area contributed by atoms with Crippen LogP contribution in [-0.2, 0) is 6.42 Å². The van der Waals surface area contributed by atoms with Gasteiger partial charge in [-0.1, -0.05) is 50.1 Å². The van der Waals surface area contributed by atoms with Crippen LogP contribution in [0.1, 0.15) is 61.5 Å². The van der Waals surface area contributed by atoms with E-state index >= 15 is 0 Å². The first-order valence-electron chi connectivity index (χ1n) is 9.10. The van der Waals surface area contributed by atoms with E-state index in [4.69, 9.17) is 4.98 Å². The van der Waals surface area contributed by atoms with Crippen molar-refractivity contribution in [1.29, 1.82) is 0 Å². The quantitative estimate of drug-likeness (QED) is 0.661. The summed E-state index contributed by atoms with van der Waals surface area (Å²) >= 11 is 0. The fourth-order valence-corrected chi connectivity index (χ4v) is 3.96. The van der Waals surface area contributed by atoms with E-state index in [1.165, 1.54) is 42.2 Å². The highest BCUT2D eigenvalue weighted by molar-refractivity contribution is 5.79. The molecule has 0 bridgehead atoms. The van der Waals surface area contributed by atoms with Crippen LogP contribution in [0.4, 0.5) is 0 Å². The number of nitrogens with zero attached hydrogens (tertiary/aromatic N) is 3. The molecule has 1 aliphatic rings. The number of aryl methyl sites for hydroxylation is 1. The lowest BCUT2D eigenvalue weighted by Crippen LogP contribution is -2.08. The molecule has 0 radical (unpaired) electrons. The molecule has 1 unspecified atom stereocenters. The van der Waals surface area contributed by atoms with Gasteiger partial charge in [-0.25, -0.2) is 9.97 Å². The first-order chi connectivity index (χ1) is 11.7. The smallest absolute Gasteiger partial charge is 0.144 e. The van der Waals surface area contributed by atoms with Crippen molar-refractivity contribution < 1.29 is 0 Å². The van der Waals surface area contributed by atoms with Crippen LogP contribution in [-0.4, -0.2) is 14.5 Å². The number of hydrogen-bond acceptors (Lipinski definition) is 2. The van der Waals surface area contributed by atoms with Gasteiger partial charge in [0.2, 0.25) is 0 Å². The second kappa shape index (κ2) is 6.39. The van der Waals surface area contributed by atoms with E-state index in [0.717, 1.165) is 17.9 Å². The van der Waals surface area contributed by atoms with Crippen molar-refractivity contribution in [1.82, 2.24) is 14.5 Å². The average molecular weight is 319 g/mol. The molecule has 0 spiro atoms. The van der Waals surface area contributed by atoms with Crippen molar-refractivity contribution in [2.24, 2.45) is 0 Å². The van der Waals surface area contributed by atoms with Gasteiger partial charge in [0.15, 0.2) is 0 Å². The molecule has 1 aromatic carbocycles. The average Bonchev–Trinajstić information content (AvgIpc) is 3.24. The van der Waals surface area contributed by atoms with E-state index in [0.29, 0.717) is 12.0 Å². The molecule has 0 amide bonds. The molecule has 0 aliphatic heterocycles. The zero-order valence-corrected chi connectivity index (χ0v) is 14.6. The topological polar surface area (TPSA) is 30.7 Å². The minimum atomic E-state index is 0.323. The molecule has 1 fully saturated rings. The van der Waals surface area contributed by atoms with E-state index in [1.54, 1.807) is 0 Å². The largest absolute Gasteiger partial charge is 0.329 e. The third kappa shape index (κ3) is 2.83. The van der Waals surface area contributed by atoms with E-state index in [-0.39, 0.29) is 0 Å². The van der Waals surface area contributed by atoms with Crippen LogP contribution in [0.15, 0.2) is 42.7 Å². The Balaban J connectivity index is 1.67. The highest BCUT2D eigenvalue weighted by atomic mass is 15.1. The maximum atomic E-state index is 4.99. The predicted octanol–water partition coefficient (Wildman–Crippen LogP) is 5.20. The molecule has 24 heavy (non-hydrogen) atoms. The maximum Gasteiger partial charge on any atom is 0.144 e. The zero-order chi connectivity index (χ0) is 16.5. The van der Waals surface area contributed by atoms with E-state index in [1.807, 2.05) is 6.20 Å². The normalized spacial score (nSPS) is 16.8. The van der Waals surface area contributed by atoms with Crippen molar-refractivity contribution in [3.8, 4) is 0 Å². The fourth-order valence-electron chi connectivity index (χ4n) is 3.96. The van der Waals surface area contributed by atoms with Gasteiger partial charge in [-0.05, 0) is 37.3 Å². The molecule has 124 valence electrons. The Morgan fingerprint density at radius 1 is 1.17 bits per heavy atom. The second-order valence-electron chi connectivity index (χ2n) is 7.21. The first kappa shape index (κ1) is 15.4. The Morgan fingerprint density at radius 3 is 2.67 bits per heavy atom. The standard InChI is InChI=1S/C21H25N3/c1-15(12-17-8-4-3-5-9-17)20-22-13-19-16(2)14-24(21(19)23-20)18-10-6-7-11-18/h3-5,8-9,13-15,18H,6-7,10-12H2,1-2H3. The summed E-state index contributed by atoms with van der Waals surface area (Å²) in [5.74, 6) is 1.28. The van der Waals surface area contributed by atoms with Gasteiger partial charge in [-0.3, -0.25) is 0 Å². The van der Waals surface area contributed by atoms with Gasteiger partial charge in [-0.2, -0.15) is 0 Å². The van der Waals surface area contributed by atoms with Gasteiger partial charge in [0.25, 0.3) is 0 Å². The molecule has 3 nitrogen and oxygen atoms in total. The molecule has 0 N–H and O–H groups in total. The van der Waals surface area contributed by atoms with Crippen molar-refractivity contribution in [3.05, 3.63) is 59.7 Å². The van der Waals surface area contributed by atoms with Gasteiger partial charge in [0.1, 0.15) is 11.5 Å². The number of benzene rings is 1. The van der Waals surface area contributed by atoms with Crippen molar-refractivity contribution in [2.45, 2.75) is 57.9 Å². The third-order valence-electron chi connectivity index (χ3n) is 5.33. The van der Waals surface area contributed by atoms with Crippen LogP contribution < -0.4 is 0 Å². The van der Waals surface area contributed by atoms with E-state index in [2.05, 4.69) is 59.9 Å². The number of aromatic nitrogens is 3. The van der Waals surface area contributed by atoms with Gasteiger partial charge in [0, 0.05) is 29.7 Å². The summed E-state index contributed by atoms with van der Waals surface area (Å²) in [6.07, 6.45) is 10.5. The molecule has 3 heteroatoms. The van der Waals surface area contributed by atoms with Crippen LogP contribution >= 0.6 is 0 Å². The van der Waals surface area contributed by atoms with Gasteiger partial charge in [-0.15, -0.1) is 0 Å². The van der Waals surface area contributed by atoms with E-state index < -0.39 is 0 Å². The number of rotatable bonds is 4. The highest BCUT2D eigenvalue weighted by Gasteiger charge is 2.21. The molecule has 0 saturated heterocycles. The molecular weight excluding hydrogens is 294 g/mol. The molecule has 1 atom stereocenters. The summed E-state index contributed by atoms with van der Waals surface area (Å²) in [5.41, 5.74) is 3.76. The number of hydrogen-bond donors (Lipinski definition) is 0. The summed E-state index contributed by atoms with van der Waals surface area (Å²) in [6.45, 7) is 4.40. The Hall–Kier alpha value is -2.16. The van der Waals surface area contributed by atoms with Crippen LogP contribution in [0.5, 0.6) is 0 Å². The Morgan fingerprint density at radius 2 is 1.92 bits per heavy atom. The third-order valence-corrected chi connectivity index (χ3v) is 5.33. The summed E-state index contributed by atoms with van der Waals surface area (Å²) < 4.78 is 2.41. The summed E-state index contributed by atoms with van der Waals surface area (Å²) in [5, 5.41) is 1.21. The Kier molecular flexibility index (Phi) is 4.09. The van der Waals surface area contributed by atoms with Crippen molar-refractivity contribution in [3.63, 3.8) is 0 Å². The minimum absolute atomic E-state index is 0.323. The SMILES string of the molecule is Cc1cn(C2CCCC2)c2nc(C(C)Cc3ccccc3)ncc12. The van der Waals surface area contributed by atoms with Crippen LogP contribution in [0.25, 0.3) is 11.0 Å². The summed E-state index contributed by atoms with van der Waals surface area (Å²) in [7, 11) is 0. The summed E-state index contributed by atoms with van der Waals surface area (Å²) in [4.78, 5) is 9.67. The number of fused-ring (bicyclic) bond motifs is 1. The molecule has 1 saturated carbocycles. The lowest BCUT2D eigenvalue weighted by molar-refractivity contribution is 0.530. The fraction of sp³-hybridized carbons (Fsp3) is 0.429. The minimum Gasteiger partial charge on any atom is -0.329 e. The first-order valence-corrected chi connectivity index (χ1v) is 9.10. The predicted molar refractivity (Wildman–Crippen MR) is 98.3 cm³/mol. The monoisotopic (exact) mass is 319 g/mol. The van der Waals surface area contributed by atoms with E-state index in [9.17, 15) is 0 Å². The van der Waals surface area contributed by atoms with Crippen molar-refractivity contribution >= 4 is 11.0 Å². The van der Waals surface area contributed by atoms with Crippen LogP contribution in [0, 0.1) is 6.92 Å². The lowest BCUT2D eigenvalue weighted by Gasteiger charge is -2.14. The molecule has 1 aliphatic carbocycles. The van der Waals surface area contributed by atoms with Crippen molar-refractivity contribution in [2.75, 3.05) is 0 Å². The molecule has 2 heterocycles. The second-order valence-corrected chi connectivity index (χ2v) is 7.21.